The Balaban J connectivity index is 1.94. The molecule has 10 nitrogen and oxygen atoms in total. The first-order chi connectivity index (χ1) is 13.6. The molecule has 3 amide bonds. The summed E-state index contributed by atoms with van der Waals surface area (Å²) in [5.41, 5.74) is 13.1. The van der Waals surface area contributed by atoms with Gasteiger partial charge in [0.05, 0.1) is 23.8 Å². The van der Waals surface area contributed by atoms with Crippen LogP contribution in [0.15, 0.2) is 54.7 Å². The molecule has 0 fully saturated rings. The van der Waals surface area contributed by atoms with Gasteiger partial charge in [-0.2, -0.15) is 5.10 Å². The number of nitrogens with zero attached hydrogens (tertiary/aromatic N) is 2. The summed E-state index contributed by atoms with van der Waals surface area (Å²) in [7, 11) is -3.35. The van der Waals surface area contributed by atoms with E-state index < -0.39 is 22.0 Å². The molecule has 11 heteroatoms. The highest BCUT2D eigenvalue weighted by molar-refractivity contribution is 7.92. The number of hydrogen-bond acceptors (Lipinski definition) is 5. The van der Waals surface area contributed by atoms with E-state index in [0.717, 1.165) is 17.4 Å². The van der Waals surface area contributed by atoms with Crippen LogP contribution in [0.4, 0.5) is 16.2 Å². The van der Waals surface area contributed by atoms with Crippen molar-refractivity contribution in [3.05, 3.63) is 60.4 Å². The summed E-state index contributed by atoms with van der Waals surface area (Å²) in [6.07, 6.45) is 2.51. The fourth-order valence-corrected chi connectivity index (χ4v) is 3.25. The number of hydrogen-bond donors (Lipinski definition) is 4. The lowest BCUT2D eigenvalue weighted by Gasteiger charge is -2.08. The number of anilines is 2. The summed E-state index contributed by atoms with van der Waals surface area (Å²) in [5, 5.41) is 6.43. The molecule has 29 heavy (non-hydrogen) atoms. The van der Waals surface area contributed by atoms with E-state index in [1.807, 2.05) is 12.1 Å². The normalized spacial score (nSPS) is 11.1. The molecule has 6 N–H and O–H groups in total. The van der Waals surface area contributed by atoms with Crippen molar-refractivity contribution in [1.29, 1.82) is 0 Å². The molecular weight excluding hydrogens is 396 g/mol. The summed E-state index contributed by atoms with van der Waals surface area (Å²) in [4.78, 5) is 22.7. The van der Waals surface area contributed by atoms with E-state index >= 15 is 0 Å². The van der Waals surface area contributed by atoms with Gasteiger partial charge in [-0.1, -0.05) is 24.3 Å². The van der Waals surface area contributed by atoms with Gasteiger partial charge >= 0.3 is 6.03 Å². The Hall–Kier alpha value is -3.86. The fraction of sp³-hybridized carbons (Fsp3) is 0.0556. The minimum Gasteiger partial charge on any atom is -0.364 e. The Kier molecular flexibility index (Phi) is 5.24. The zero-order valence-corrected chi connectivity index (χ0v) is 16.1. The third-order valence-electron chi connectivity index (χ3n) is 3.84. The maximum absolute atomic E-state index is 11.6. The van der Waals surface area contributed by atoms with Gasteiger partial charge in [0.15, 0.2) is 5.69 Å². The Morgan fingerprint density at radius 3 is 2.31 bits per heavy atom. The van der Waals surface area contributed by atoms with Crippen LogP contribution in [-0.2, 0) is 10.0 Å². The summed E-state index contributed by atoms with van der Waals surface area (Å²) >= 11 is 0. The molecule has 3 aromatic rings. The topological polar surface area (TPSA) is 162 Å². The van der Waals surface area contributed by atoms with Gasteiger partial charge in [-0.15, -0.1) is 0 Å². The second-order valence-electron chi connectivity index (χ2n) is 6.19. The van der Waals surface area contributed by atoms with Gasteiger partial charge in [0.25, 0.3) is 5.91 Å². The summed E-state index contributed by atoms with van der Waals surface area (Å²) < 4.78 is 26.4. The monoisotopic (exact) mass is 414 g/mol. The lowest BCUT2D eigenvalue weighted by Crippen LogP contribution is -2.22. The molecule has 1 aromatic heterocycles. The molecule has 3 rings (SSSR count). The number of carbonyl (C=O) groups is 2. The number of urea groups is 1. The largest absolute Gasteiger partial charge is 0.364 e. The molecular formula is C18H18N6O4S. The Morgan fingerprint density at radius 1 is 1.03 bits per heavy atom. The minimum absolute atomic E-state index is 0.103. The van der Waals surface area contributed by atoms with Gasteiger partial charge in [-0.3, -0.25) is 9.52 Å². The highest BCUT2D eigenvalue weighted by Gasteiger charge is 2.16. The summed E-state index contributed by atoms with van der Waals surface area (Å²) in [6.45, 7) is 0. The van der Waals surface area contributed by atoms with Crippen molar-refractivity contribution in [2.45, 2.75) is 0 Å². The highest BCUT2D eigenvalue weighted by atomic mass is 32.2. The zero-order chi connectivity index (χ0) is 21.2. The highest BCUT2D eigenvalue weighted by Crippen LogP contribution is 2.25. The van der Waals surface area contributed by atoms with Crippen molar-refractivity contribution in [1.82, 2.24) is 9.78 Å². The van der Waals surface area contributed by atoms with E-state index in [1.165, 1.54) is 10.9 Å². The fourth-order valence-electron chi connectivity index (χ4n) is 2.69. The lowest BCUT2D eigenvalue weighted by molar-refractivity contribution is 0.0996. The molecule has 0 aliphatic heterocycles. The van der Waals surface area contributed by atoms with Crippen LogP contribution in [0.25, 0.3) is 16.8 Å². The smallest absolute Gasteiger partial charge is 0.316 e. The molecule has 0 unspecified atom stereocenters. The number of benzene rings is 2. The van der Waals surface area contributed by atoms with Gasteiger partial charge in [-0.25, -0.2) is 17.9 Å². The molecule has 0 spiro atoms. The first-order valence-electron chi connectivity index (χ1n) is 8.27. The molecule has 0 aliphatic rings. The second-order valence-corrected chi connectivity index (χ2v) is 7.94. The van der Waals surface area contributed by atoms with Gasteiger partial charge in [0.1, 0.15) is 0 Å². The first kappa shape index (κ1) is 19.9. The number of amides is 3. The Bertz CT molecular complexity index is 1190. The molecule has 150 valence electrons. The number of rotatable bonds is 6. The predicted molar refractivity (Wildman–Crippen MR) is 109 cm³/mol. The average molecular weight is 414 g/mol. The van der Waals surface area contributed by atoms with Crippen LogP contribution in [0.2, 0.25) is 0 Å². The lowest BCUT2D eigenvalue weighted by atomic mass is 10.0. The number of primary amides is 2. The van der Waals surface area contributed by atoms with Gasteiger partial charge in [-0.05, 0) is 35.4 Å². The third kappa shape index (κ3) is 4.90. The Labute approximate surface area is 166 Å². The van der Waals surface area contributed by atoms with E-state index in [4.69, 9.17) is 11.5 Å². The molecule has 1 heterocycles. The number of sulfonamides is 1. The quantitative estimate of drug-likeness (QED) is 0.480. The van der Waals surface area contributed by atoms with E-state index in [0.29, 0.717) is 11.4 Å². The number of carbonyl (C=O) groups excluding carboxylic acids is 2. The van der Waals surface area contributed by atoms with Crippen LogP contribution in [0.1, 0.15) is 10.5 Å². The molecule has 0 aliphatic carbocycles. The number of aromatic nitrogens is 2. The van der Waals surface area contributed by atoms with Crippen LogP contribution in [0.5, 0.6) is 0 Å². The second kappa shape index (κ2) is 7.64. The molecule has 0 atom stereocenters. The van der Waals surface area contributed by atoms with Crippen LogP contribution >= 0.6 is 0 Å². The zero-order valence-electron chi connectivity index (χ0n) is 15.3. The van der Waals surface area contributed by atoms with E-state index in [2.05, 4.69) is 15.1 Å². The van der Waals surface area contributed by atoms with Crippen molar-refractivity contribution >= 4 is 33.3 Å². The van der Waals surface area contributed by atoms with Crippen LogP contribution < -0.4 is 21.5 Å². The Morgan fingerprint density at radius 2 is 1.72 bits per heavy atom. The van der Waals surface area contributed by atoms with Crippen molar-refractivity contribution < 1.29 is 18.0 Å². The van der Waals surface area contributed by atoms with Crippen LogP contribution in [0, 0.1) is 0 Å². The van der Waals surface area contributed by atoms with E-state index in [1.54, 1.807) is 36.4 Å². The van der Waals surface area contributed by atoms with Crippen LogP contribution in [0.3, 0.4) is 0 Å². The standard InChI is InChI=1S/C18H18N6O4S/c1-29(27,28)23-13-7-5-11(6-8-13)12-3-2-4-14(9-12)24-10-15(21-18(20)26)16(22-24)17(19)25/h2-10,23H,1H3,(H2,19,25)(H3,20,21,26). The number of nitrogens with two attached hydrogens (primary N) is 2. The molecule has 2 aromatic carbocycles. The number of nitrogens with one attached hydrogen (secondary N) is 2. The maximum Gasteiger partial charge on any atom is 0.316 e. The molecule has 0 saturated heterocycles. The minimum atomic E-state index is -3.35. The third-order valence-corrected chi connectivity index (χ3v) is 4.44. The maximum atomic E-state index is 11.6. The molecule has 0 saturated carbocycles. The van der Waals surface area contributed by atoms with Crippen molar-refractivity contribution in [3.63, 3.8) is 0 Å². The summed E-state index contributed by atoms with van der Waals surface area (Å²) in [5.74, 6) is -0.808. The molecule has 0 bridgehead atoms. The summed E-state index contributed by atoms with van der Waals surface area (Å²) in [6, 6.07) is 13.2. The van der Waals surface area contributed by atoms with Crippen molar-refractivity contribution in [3.8, 4) is 16.8 Å². The van der Waals surface area contributed by atoms with Gasteiger partial charge < -0.3 is 16.8 Å². The molecule has 0 radical (unpaired) electrons. The van der Waals surface area contributed by atoms with Gasteiger partial charge in [0, 0.05) is 5.69 Å². The average Bonchev–Trinajstić information content (AvgIpc) is 3.04. The first-order valence-corrected chi connectivity index (χ1v) is 10.2. The van der Waals surface area contributed by atoms with Crippen LogP contribution in [-0.4, -0.2) is 36.4 Å². The van der Waals surface area contributed by atoms with E-state index in [-0.39, 0.29) is 11.4 Å². The van der Waals surface area contributed by atoms with Crippen molar-refractivity contribution in [2.75, 3.05) is 16.3 Å². The SMILES string of the molecule is CS(=O)(=O)Nc1ccc(-c2cccc(-n3cc(NC(N)=O)c(C(N)=O)n3)c2)cc1. The van der Waals surface area contributed by atoms with Crippen molar-refractivity contribution in [2.24, 2.45) is 11.5 Å². The van der Waals surface area contributed by atoms with E-state index in [9.17, 15) is 18.0 Å². The van der Waals surface area contributed by atoms with Gasteiger partial charge in [0.2, 0.25) is 10.0 Å². The predicted octanol–water partition coefficient (Wildman–Crippen LogP) is 1.50.